The molecule has 0 radical (unpaired) electrons. The van der Waals surface area contributed by atoms with E-state index in [-0.39, 0.29) is 5.91 Å². The number of anilines is 1. The lowest BCUT2D eigenvalue weighted by Gasteiger charge is -2.07. The SMILES string of the molecule is CCNc1cccc(C(=O)NCc2c(C)nn(C)c2C)n1. The average Bonchev–Trinajstić information content (AvgIpc) is 2.70. The molecule has 112 valence electrons. The van der Waals surface area contributed by atoms with Gasteiger partial charge in [0.15, 0.2) is 0 Å². The van der Waals surface area contributed by atoms with Crippen LogP contribution in [0.5, 0.6) is 0 Å². The van der Waals surface area contributed by atoms with Gasteiger partial charge >= 0.3 is 0 Å². The van der Waals surface area contributed by atoms with E-state index in [4.69, 9.17) is 0 Å². The van der Waals surface area contributed by atoms with Crippen LogP contribution in [0.4, 0.5) is 5.82 Å². The monoisotopic (exact) mass is 287 g/mol. The Morgan fingerprint density at radius 3 is 2.71 bits per heavy atom. The molecular weight excluding hydrogens is 266 g/mol. The lowest BCUT2D eigenvalue weighted by Crippen LogP contribution is -2.24. The molecule has 0 fully saturated rings. The number of aryl methyl sites for hydroxylation is 2. The van der Waals surface area contributed by atoms with E-state index in [2.05, 4.69) is 20.7 Å². The smallest absolute Gasteiger partial charge is 0.270 e. The maximum atomic E-state index is 12.2. The van der Waals surface area contributed by atoms with Gasteiger partial charge in [0.05, 0.1) is 5.69 Å². The first-order valence-electron chi connectivity index (χ1n) is 7.01. The summed E-state index contributed by atoms with van der Waals surface area (Å²) in [5.41, 5.74) is 3.45. The summed E-state index contributed by atoms with van der Waals surface area (Å²) in [5.74, 6) is 0.524. The van der Waals surface area contributed by atoms with E-state index in [0.717, 1.165) is 23.5 Å². The molecular formula is C15H21N5O. The zero-order valence-corrected chi connectivity index (χ0v) is 12.9. The number of carbonyl (C=O) groups is 1. The van der Waals surface area contributed by atoms with Crippen molar-refractivity contribution in [2.45, 2.75) is 27.3 Å². The average molecular weight is 287 g/mol. The minimum absolute atomic E-state index is 0.183. The molecule has 6 heteroatoms. The summed E-state index contributed by atoms with van der Waals surface area (Å²) in [5, 5.41) is 10.3. The third-order valence-corrected chi connectivity index (χ3v) is 3.42. The molecule has 2 aromatic rings. The predicted molar refractivity (Wildman–Crippen MR) is 82.3 cm³/mol. The normalized spacial score (nSPS) is 10.5. The van der Waals surface area contributed by atoms with Crippen molar-refractivity contribution in [1.29, 1.82) is 0 Å². The second-order valence-corrected chi connectivity index (χ2v) is 4.89. The fourth-order valence-corrected chi connectivity index (χ4v) is 2.17. The highest BCUT2D eigenvalue weighted by Crippen LogP contribution is 2.11. The maximum Gasteiger partial charge on any atom is 0.270 e. The van der Waals surface area contributed by atoms with Crippen molar-refractivity contribution in [2.24, 2.45) is 7.05 Å². The molecule has 0 unspecified atom stereocenters. The standard InChI is InChI=1S/C15H21N5O/c1-5-16-14-8-6-7-13(18-14)15(21)17-9-12-10(2)19-20(4)11(12)3/h6-8H,5,9H2,1-4H3,(H,16,18)(H,17,21). The summed E-state index contributed by atoms with van der Waals surface area (Å²) in [7, 11) is 1.90. The van der Waals surface area contributed by atoms with Crippen molar-refractivity contribution in [1.82, 2.24) is 20.1 Å². The van der Waals surface area contributed by atoms with Gasteiger partial charge in [-0.1, -0.05) is 6.07 Å². The Hall–Kier alpha value is -2.37. The van der Waals surface area contributed by atoms with Gasteiger partial charge in [0.25, 0.3) is 5.91 Å². The summed E-state index contributed by atoms with van der Waals surface area (Å²) in [6.07, 6.45) is 0. The van der Waals surface area contributed by atoms with Gasteiger partial charge in [-0.15, -0.1) is 0 Å². The lowest BCUT2D eigenvalue weighted by molar-refractivity contribution is 0.0946. The topological polar surface area (TPSA) is 71.8 Å². The predicted octanol–water partition coefficient (Wildman–Crippen LogP) is 1.79. The quantitative estimate of drug-likeness (QED) is 0.879. The zero-order chi connectivity index (χ0) is 15.4. The number of nitrogens with zero attached hydrogens (tertiary/aromatic N) is 3. The molecule has 0 spiro atoms. The molecule has 0 bridgehead atoms. The molecule has 2 heterocycles. The third-order valence-electron chi connectivity index (χ3n) is 3.42. The van der Waals surface area contributed by atoms with E-state index in [1.165, 1.54) is 0 Å². The highest BCUT2D eigenvalue weighted by atomic mass is 16.1. The minimum atomic E-state index is -0.183. The summed E-state index contributed by atoms with van der Waals surface area (Å²) in [6, 6.07) is 5.37. The molecule has 6 nitrogen and oxygen atoms in total. The van der Waals surface area contributed by atoms with Crippen LogP contribution in [0.15, 0.2) is 18.2 Å². The third kappa shape index (κ3) is 3.39. The van der Waals surface area contributed by atoms with Crippen LogP contribution >= 0.6 is 0 Å². The maximum absolute atomic E-state index is 12.2. The van der Waals surface area contributed by atoms with Crippen LogP contribution in [0.2, 0.25) is 0 Å². The minimum Gasteiger partial charge on any atom is -0.370 e. The number of hydrogen-bond donors (Lipinski definition) is 2. The number of hydrogen-bond acceptors (Lipinski definition) is 4. The van der Waals surface area contributed by atoms with E-state index < -0.39 is 0 Å². The Labute approximate surface area is 124 Å². The van der Waals surface area contributed by atoms with Gasteiger partial charge < -0.3 is 10.6 Å². The Kier molecular flexibility index (Phi) is 4.57. The Balaban J connectivity index is 2.06. The van der Waals surface area contributed by atoms with Crippen LogP contribution in [-0.4, -0.2) is 27.2 Å². The molecule has 0 saturated carbocycles. The highest BCUT2D eigenvalue weighted by Gasteiger charge is 2.12. The first-order valence-corrected chi connectivity index (χ1v) is 7.01. The molecule has 0 aliphatic rings. The molecule has 1 amide bonds. The van der Waals surface area contributed by atoms with Crippen LogP contribution in [0.1, 0.15) is 34.4 Å². The van der Waals surface area contributed by atoms with Gasteiger partial charge in [0.2, 0.25) is 0 Å². The molecule has 21 heavy (non-hydrogen) atoms. The summed E-state index contributed by atoms with van der Waals surface area (Å²) < 4.78 is 1.82. The largest absolute Gasteiger partial charge is 0.370 e. The Morgan fingerprint density at radius 2 is 2.10 bits per heavy atom. The lowest BCUT2D eigenvalue weighted by atomic mass is 10.2. The number of pyridine rings is 1. The van der Waals surface area contributed by atoms with Crippen molar-refractivity contribution in [3.8, 4) is 0 Å². The second kappa shape index (κ2) is 6.39. The molecule has 2 rings (SSSR count). The number of amides is 1. The molecule has 2 N–H and O–H groups in total. The summed E-state index contributed by atoms with van der Waals surface area (Å²) in [6.45, 7) is 7.15. The van der Waals surface area contributed by atoms with E-state index in [1.807, 2.05) is 44.6 Å². The molecule has 0 atom stereocenters. The molecule has 0 aromatic carbocycles. The summed E-state index contributed by atoms with van der Waals surface area (Å²) >= 11 is 0. The van der Waals surface area contributed by atoms with Gasteiger partial charge in [-0.3, -0.25) is 9.48 Å². The summed E-state index contributed by atoms with van der Waals surface area (Å²) in [4.78, 5) is 16.5. The number of aromatic nitrogens is 3. The Bertz CT molecular complexity index is 648. The zero-order valence-electron chi connectivity index (χ0n) is 12.9. The van der Waals surface area contributed by atoms with Crippen LogP contribution in [0.25, 0.3) is 0 Å². The van der Waals surface area contributed by atoms with Crippen LogP contribution in [0.3, 0.4) is 0 Å². The van der Waals surface area contributed by atoms with Crippen molar-refractivity contribution in [3.63, 3.8) is 0 Å². The van der Waals surface area contributed by atoms with Gasteiger partial charge in [-0.25, -0.2) is 4.98 Å². The van der Waals surface area contributed by atoms with E-state index in [9.17, 15) is 4.79 Å². The van der Waals surface area contributed by atoms with Crippen molar-refractivity contribution < 1.29 is 4.79 Å². The van der Waals surface area contributed by atoms with Gasteiger partial charge in [0.1, 0.15) is 11.5 Å². The van der Waals surface area contributed by atoms with Crippen molar-refractivity contribution in [2.75, 3.05) is 11.9 Å². The van der Waals surface area contributed by atoms with Gasteiger partial charge in [-0.2, -0.15) is 5.10 Å². The van der Waals surface area contributed by atoms with Gasteiger partial charge in [-0.05, 0) is 32.9 Å². The molecule has 0 aliphatic carbocycles. The van der Waals surface area contributed by atoms with Crippen LogP contribution in [0, 0.1) is 13.8 Å². The fourth-order valence-electron chi connectivity index (χ4n) is 2.17. The number of rotatable bonds is 5. The van der Waals surface area contributed by atoms with Crippen LogP contribution in [-0.2, 0) is 13.6 Å². The van der Waals surface area contributed by atoms with E-state index in [1.54, 1.807) is 6.07 Å². The molecule has 2 aromatic heterocycles. The number of carbonyl (C=O) groups excluding carboxylic acids is 1. The second-order valence-electron chi connectivity index (χ2n) is 4.89. The molecule has 0 aliphatic heterocycles. The van der Waals surface area contributed by atoms with Crippen LogP contribution < -0.4 is 10.6 Å². The highest BCUT2D eigenvalue weighted by molar-refractivity contribution is 5.92. The van der Waals surface area contributed by atoms with E-state index in [0.29, 0.717) is 18.1 Å². The first kappa shape index (κ1) is 15.0. The first-order chi connectivity index (χ1) is 10.0. The van der Waals surface area contributed by atoms with Gasteiger partial charge in [0, 0.05) is 31.4 Å². The van der Waals surface area contributed by atoms with E-state index >= 15 is 0 Å². The van der Waals surface area contributed by atoms with Crippen molar-refractivity contribution in [3.05, 3.63) is 40.8 Å². The Morgan fingerprint density at radius 1 is 1.33 bits per heavy atom. The van der Waals surface area contributed by atoms with Crippen molar-refractivity contribution >= 4 is 11.7 Å². The number of nitrogens with one attached hydrogen (secondary N) is 2. The molecule has 0 saturated heterocycles. The fraction of sp³-hybridized carbons (Fsp3) is 0.400.